The lowest BCUT2D eigenvalue weighted by Gasteiger charge is -2.21. The van der Waals surface area contributed by atoms with Crippen LogP contribution in [-0.2, 0) is 16.0 Å². The van der Waals surface area contributed by atoms with Crippen LogP contribution >= 0.6 is 11.6 Å². The zero-order chi connectivity index (χ0) is 12.5. The van der Waals surface area contributed by atoms with Gasteiger partial charge in [-0.05, 0) is 31.9 Å². The van der Waals surface area contributed by atoms with Gasteiger partial charge in [0.15, 0.2) is 5.78 Å². The van der Waals surface area contributed by atoms with Gasteiger partial charge in [0.1, 0.15) is 11.4 Å². The molecule has 0 aromatic heterocycles. The van der Waals surface area contributed by atoms with Crippen LogP contribution in [0.25, 0.3) is 0 Å². The van der Waals surface area contributed by atoms with Gasteiger partial charge in [-0.15, -0.1) is 0 Å². The smallest absolute Gasteiger partial charge is 0.168 e. The monoisotopic (exact) mass is 256 g/mol. The molecule has 1 aliphatic heterocycles. The van der Waals surface area contributed by atoms with Gasteiger partial charge in [-0.25, -0.2) is 4.39 Å². The van der Waals surface area contributed by atoms with Gasteiger partial charge in [0.05, 0.1) is 0 Å². The van der Waals surface area contributed by atoms with Crippen LogP contribution in [0.3, 0.4) is 0 Å². The van der Waals surface area contributed by atoms with Crippen LogP contribution in [0.2, 0.25) is 5.02 Å². The van der Waals surface area contributed by atoms with E-state index in [0.717, 1.165) is 6.42 Å². The van der Waals surface area contributed by atoms with Crippen LogP contribution in [0.15, 0.2) is 18.2 Å². The number of Topliss-reactive ketones (excluding diaryl/α,β-unsaturated/α-hetero) is 1. The summed E-state index contributed by atoms with van der Waals surface area (Å²) in [4.78, 5) is 12.1. The van der Waals surface area contributed by atoms with Crippen molar-refractivity contribution in [3.05, 3.63) is 34.6 Å². The van der Waals surface area contributed by atoms with E-state index < -0.39 is 11.4 Å². The Labute approximate surface area is 105 Å². The first-order valence-corrected chi connectivity index (χ1v) is 6.01. The van der Waals surface area contributed by atoms with Gasteiger partial charge in [0.25, 0.3) is 0 Å². The summed E-state index contributed by atoms with van der Waals surface area (Å²) in [6.07, 6.45) is 1.55. The Morgan fingerprint density at radius 1 is 1.59 bits per heavy atom. The van der Waals surface area contributed by atoms with Crippen molar-refractivity contribution in [2.24, 2.45) is 0 Å². The molecule has 1 aromatic rings. The Morgan fingerprint density at radius 2 is 2.35 bits per heavy atom. The van der Waals surface area contributed by atoms with E-state index >= 15 is 0 Å². The summed E-state index contributed by atoms with van der Waals surface area (Å²) in [6, 6.07) is 4.43. The zero-order valence-corrected chi connectivity index (χ0v) is 10.4. The van der Waals surface area contributed by atoms with Crippen LogP contribution < -0.4 is 0 Å². The highest BCUT2D eigenvalue weighted by Gasteiger charge is 2.37. The molecule has 0 spiro atoms. The van der Waals surface area contributed by atoms with Crippen molar-refractivity contribution in [3.8, 4) is 0 Å². The summed E-state index contributed by atoms with van der Waals surface area (Å²) in [5.74, 6) is -0.547. The highest BCUT2D eigenvalue weighted by Crippen LogP contribution is 2.29. The summed E-state index contributed by atoms with van der Waals surface area (Å²) >= 11 is 5.89. The number of benzene rings is 1. The number of halogens is 2. The summed E-state index contributed by atoms with van der Waals surface area (Å²) in [6.45, 7) is 2.35. The van der Waals surface area contributed by atoms with Crippen molar-refractivity contribution < 1.29 is 13.9 Å². The Hall–Kier alpha value is -0.930. The zero-order valence-electron chi connectivity index (χ0n) is 9.63. The standard InChI is InChI=1S/C13H14ClFO2/c1-13(6-3-7-17-13)12(16)8-9-10(14)4-2-5-11(9)15/h2,4-5H,3,6-8H2,1H3. The summed E-state index contributed by atoms with van der Waals surface area (Å²) in [5.41, 5.74) is -0.512. The molecule has 0 radical (unpaired) electrons. The van der Waals surface area contributed by atoms with Crippen LogP contribution in [0.1, 0.15) is 25.3 Å². The molecule has 17 heavy (non-hydrogen) atoms. The molecule has 1 saturated heterocycles. The first-order valence-electron chi connectivity index (χ1n) is 5.63. The van der Waals surface area contributed by atoms with E-state index in [0.29, 0.717) is 18.1 Å². The van der Waals surface area contributed by atoms with E-state index in [9.17, 15) is 9.18 Å². The van der Waals surface area contributed by atoms with Gasteiger partial charge in [-0.3, -0.25) is 4.79 Å². The van der Waals surface area contributed by atoms with E-state index in [-0.39, 0.29) is 17.8 Å². The van der Waals surface area contributed by atoms with Gasteiger partial charge in [0, 0.05) is 23.6 Å². The lowest BCUT2D eigenvalue weighted by Crippen LogP contribution is -2.35. The Balaban J connectivity index is 2.18. The highest BCUT2D eigenvalue weighted by atomic mass is 35.5. The van der Waals surface area contributed by atoms with Crippen molar-refractivity contribution in [2.45, 2.75) is 31.8 Å². The number of hydrogen-bond donors (Lipinski definition) is 0. The van der Waals surface area contributed by atoms with Crippen LogP contribution in [0, 0.1) is 5.82 Å². The van der Waals surface area contributed by atoms with Gasteiger partial charge in [-0.2, -0.15) is 0 Å². The number of ketones is 1. The van der Waals surface area contributed by atoms with Gasteiger partial charge in [-0.1, -0.05) is 17.7 Å². The Morgan fingerprint density at radius 3 is 2.94 bits per heavy atom. The quantitative estimate of drug-likeness (QED) is 0.830. The molecule has 1 aliphatic rings. The molecular weight excluding hydrogens is 243 g/mol. The number of ether oxygens (including phenoxy) is 1. The molecule has 0 amide bonds. The van der Waals surface area contributed by atoms with E-state index in [2.05, 4.69) is 0 Å². The van der Waals surface area contributed by atoms with Gasteiger partial charge in [0.2, 0.25) is 0 Å². The van der Waals surface area contributed by atoms with Gasteiger partial charge >= 0.3 is 0 Å². The second-order valence-electron chi connectivity index (χ2n) is 4.48. The lowest BCUT2D eigenvalue weighted by atomic mass is 9.92. The molecule has 1 atom stereocenters. The maximum atomic E-state index is 13.5. The molecule has 1 aromatic carbocycles. The molecule has 1 unspecified atom stereocenters. The molecule has 1 fully saturated rings. The van der Waals surface area contributed by atoms with Crippen molar-refractivity contribution in [2.75, 3.05) is 6.61 Å². The van der Waals surface area contributed by atoms with Crippen molar-refractivity contribution in [1.29, 1.82) is 0 Å². The number of rotatable bonds is 3. The molecule has 0 saturated carbocycles. The highest BCUT2D eigenvalue weighted by molar-refractivity contribution is 6.31. The van der Waals surface area contributed by atoms with Crippen molar-refractivity contribution in [3.63, 3.8) is 0 Å². The average molecular weight is 257 g/mol. The summed E-state index contributed by atoms with van der Waals surface area (Å²) < 4.78 is 19.0. The maximum Gasteiger partial charge on any atom is 0.168 e. The molecule has 0 N–H and O–H groups in total. The van der Waals surface area contributed by atoms with Crippen LogP contribution in [0.5, 0.6) is 0 Å². The minimum Gasteiger partial charge on any atom is -0.367 e. The van der Waals surface area contributed by atoms with Crippen molar-refractivity contribution in [1.82, 2.24) is 0 Å². The summed E-state index contributed by atoms with van der Waals surface area (Å²) in [5, 5.41) is 0.292. The molecule has 2 rings (SSSR count). The minimum atomic E-state index is -0.772. The largest absolute Gasteiger partial charge is 0.367 e. The number of carbonyl (C=O) groups is 1. The Bertz CT molecular complexity index is 419. The summed E-state index contributed by atoms with van der Waals surface area (Å²) in [7, 11) is 0. The molecule has 4 heteroatoms. The predicted octanol–water partition coefficient (Wildman–Crippen LogP) is 3.16. The second kappa shape index (κ2) is 4.75. The minimum absolute atomic E-state index is 0.0119. The van der Waals surface area contributed by atoms with E-state index in [4.69, 9.17) is 16.3 Å². The normalized spacial score (nSPS) is 23.9. The van der Waals surface area contributed by atoms with E-state index in [1.807, 2.05) is 0 Å². The third-order valence-electron chi connectivity index (χ3n) is 3.21. The molecule has 92 valence electrons. The molecule has 2 nitrogen and oxygen atoms in total. The third kappa shape index (κ3) is 2.50. The van der Waals surface area contributed by atoms with Crippen LogP contribution in [0.4, 0.5) is 4.39 Å². The van der Waals surface area contributed by atoms with E-state index in [1.165, 1.54) is 12.1 Å². The number of carbonyl (C=O) groups excluding carboxylic acids is 1. The fourth-order valence-corrected chi connectivity index (χ4v) is 2.28. The predicted molar refractivity (Wildman–Crippen MR) is 63.7 cm³/mol. The first-order chi connectivity index (χ1) is 8.03. The molecule has 0 aliphatic carbocycles. The lowest BCUT2D eigenvalue weighted by molar-refractivity contribution is -0.136. The van der Waals surface area contributed by atoms with Gasteiger partial charge < -0.3 is 4.74 Å². The average Bonchev–Trinajstić information content (AvgIpc) is 2.72. The first kappa shape index (κ1) is 12.5. The maximum absolute atomic E-state index is 13.5. The fourth-order valence-electron chi connectivity index (χ4n) is 2.05. The topological polar surface area (TPSA) is 26.3 Å². The van der Waals surface area contributed by atoms with E-state index in [1.54, 1.807) is 13.0 Å². The number of hydrogen-bond acceptors (Lipinski definition) is 2. The van der Waals surface area contributed by atoms with Crippen LogP contribution in [-0.4, -0.2) is 18.0 Å². The molecule has 0 bridgehead atoms. The van der Waals surface area contributed by atoms with Crippen molar-refractivity contribution >= 4 is 17.4 Å². The second-order valence-corrected chi connectivity index (χ2v) is 4.89. The Kier molecular flexibility index (Phi) is 3.50. The third-order valence-corrected chi connectivity index (χ3v) is 3.56. The fraction of sp³-hybridized carbons (Fsp3) is 0.462. The molecular formula is C13H14ClFO2. The molecule has 1 heterocycles. The SMILES string of the molecule is CC1(C(=O)Cc2c(F)cccc2Cl)CCCO1.